The van der Waals surface area contributed by atoms with Crippen LogP contribution in [0.4, 0.5) is 0 Å². The van der Waals surface area contributed by atoms with E-state index in [2.05, 4.69) is 17.1 Å². The lowest BCUT2D eigenvalue weighted by Crippen LogP contribution is -1.88. The number of ether oxygens (including phenoxy) is 1. The molecule has 0 spiro atoms. The van der Waals surface area contributed by atoms with Gasteiger partial charge < -0.3 is 9.72 Å². The molecule has 2 aromatic carbocycles. The maximum absolute atomic E-state index is 8.89. The molecule has 0 radical (unpaired) electrons. The smallest absolute Gasteiger partial charge is 0.128 e. The van der Waals surface area contributed by atoms with E-state index in [0.29, 0.717) is 5.75 Å². The van der Waals surface area contributed by atoms with E-state index >= 15 is 0 Å². The van der Waals surface area contributed by atoms with E-state index < -0.39 is 0 Å². The number of H-pyrrole nitrogens is 1. The average Bonchev–Trinajstić information content (AvgIpc) is 2.91. The number of aromatic amines is 1. The number of benzene rings is 2. The number of aromatic nitrogens is 1. The van der Waals surface area contributed by atoms with Gasteiger partial charge in [-0.2, -0.15) is 5.26 Å². The Morgan fingerprint density at radius 1 is 1.14 bits per heavy atom. The normalized spacial score (nSPS) is 10.5. The molecule has 4 heteroatoms. The third-order valence-electron chi connectivity index (χ3n) is 3.32. The number of methoxy groups -OCH3 is 1. The summed E-state index contributed by atoms with van der Waals surface area (Å²) >= 11 is 1.55. The second-order valence-corrected chi connectivity index (χ2v) is 5.51. The van der Waals surface area contributed by atoms with Crippen LogP contribution in [0.1, 0.15) is 0 Å². The highest BCUT2D eigenvalue weighted by Crippen LogP contribution is 2.40. The molecular formula is C17H14N2OS. The Morgan fingerprint density at radius 2 is 1.90 bits per heavy atom. The summed E-state index contributed by atoms with van der Waals surface area (Å²) in [6.07, 6.45) is 0. The number of nitrogens with one attached hydrogen (secondary N) is 1. The van der Waals surface area contributed by atoms with Gasteiger partial charge in [0.25, 0.3) is 0 Å². The molecule has 1 heterocycles. The van der Waals surface area contributed by atoms with Crippen LogP contribution in [0.25, 0.3) is 22.2 Å². The molecule has 1 N–H and O–H groups in total. The summed E-state index contributed by atoms with van der Waals surface area (Å²) in [6.45, 7) is 0. The molecule has 0 aliphatic heterocycles. The van der Waals surface area contributed by atoms with Crippen molar-refractivity contribution in [3.8, 4) is 23.1 Å². The van der Waals surface area contributed by atoms with Gasteiger partial charge in [0.2, 0.25) is 0 Å². The highest BCUT2D eigenvalue weighted by atomic mass is 32.2. The maximum atomic E-state index is 8.89. The van der Waals surface area contributed by atoms with Crippen LogP contribution in [-0.2, 0) is 0 Å². The molecular weight excluding hydrogens is 280 g/mol. The van der Waals surface area contributed by atoms with Gasteiger partial charge in [0.15, 0.2) is 0 Å². The number of nitriles is 1. The molecule has 0 saturated heterocycles. The second kappa shape index (κ2) is 5.94. The van der Waals surface area contributed by atoms with Crippen molar-refractivity contribution >= 4 is 22.7 Å². The van der Waals surface area contributed by atoms with Gasteiger partial charge >= 0.3 is 0 Å². The monoisotopic (exact) mass is 294 g/mol. The number of nitrogens with zero attached hydrogens (tertiary/aromatic N) is 1. The number of rotatable bonds is 4. The molecule has 0 aliphatic carbocycles. The first-order valence-electron chi connectivity index (χ1n) is 6.59. The summed E-state index contributed by atoms with van der Waals surface area (Å²) in [6, 6.07) is 18.2. The Hall–Kier alpha value is -2.38. The quantitative estimate of drug-likeness (QED) is 0.723. The van der Waals surface area contributed by atoms with Gasteiger partial charge in [0, 0.05) is 21.4 Å². The van der Waals surface area contributed by atoms with Crippen LogP contribution < -0.4 is 4.74 Å². The molecule has 104 valence electrons. The molecule has 21 heavy (non-hydrogen) atoms. The Balaban J connectivity index is 2.24. The number of fused-ring (bicyclic) bond motifs is 1. The number of hydrogen-bond acceptors (Lipinski definition) is 3. The molecule has 0 aliphatic rings. The minimum Gasteiger partial charge on any atom is -0.496 e. The van der Waals surface area contributed by atoms with E-state index in [1.165, 1.54) is 0 Å². The summed E-state index contributed by atoms with van der Waals surface area (Å²) in [7, 11) is 1.67. The van der Waals surface area contributed by atoms with Gasteiger partial charge in [-0.1, -0.05) is 30.3 Å². The van der Waals surface area contributed by atoms with Gasteiger partial charge in [0.1, 0.15) is 5.75 Å². The van der Waals surface area contributed by atoms with Crippen molar-refractivity contribution in [2.45, 2.75) is 4.90 Å². The Morgan fingerprint density at radius 3 is 2.71 bits per heavy atom. The molecule has 0 atom stereocenters. The van der Waals surface area contributed by atoms with Gasteiger partial charge in [0.05, 0.1) is 24.6 Å². The standard InChI is InChI=1S/C17H14N2OS/c1-20-15-9-5-3-7-13(15)16-17(21-11-10-18)12-6-2-4-8-14(12)19-16/h2-9,19H,11H2,1H3. The molecule has 3 aromatic rings. The van der Waals surface area contributed by atoms with E-state index in [1.807, 2.05) is 42.5 Å². The zero-order chi connectivity index (χ0) is 14.7. The van der Waals surface area contributed by atoms with Crippen LogP contribution in [0, 0.1) is 11.3 Å². The first-order valence-corrected chi connectivity index (χ1v) is 7.57. The largest absolute Gasteiger partial charge is 0.496 e. The lowest BCUT2D eigenvalue weighted by molar-refractivity contribution is 0.416. The topological polar surface area (TPSA) is 48.8 Å². The first kappa shape index (κ1) is 13.6. The van der Waals surface area contributed by atoms with Crippen molar-refractivity contribution < 1.29 is 4.74 Å². The summed E-state index contributed by atoms with van der Waals surface area (Å²) < 4.78 is 5.46. The predicted octanol–water partition coefficient (Wildman–Crippen LogP) is 4.46. The van der Waals surface area contributed by atoms with E-state index in [0.717, 1.165) is 32.8 Å². The van der Waals surface area contributed by atoms with Gasteiger partial charge in [-0.05, 0) is 18.2 Å². The van der Waals surface area contributed by atoms with Crippen molar-refractivity contribution in [3.05, 3.63) is 48.5 Å². The summed E-state index contributed by atoms with van der Waals surface area (Å²) in [5.41, 5.74) is 3.09. The zero-order valence-electron chi connectivity index (χ0n) is 11.6. The predicted molar refractivity (Wildman–Crippen MR) is 86.6 cm³/mol. The fraction of sp³-hybridized carbons (Fsp3) is 0.118. The summed E-state index contributed by atoms with van der Waals surface area (Å²) in [5, 5.41) is 10.0. The lowest BCUT2D eigenvalue weighted by atomic mass is 10.1. The third-order valence-corrected chi connectivity index (χ3v) is 4.30. The Labute approximate surface area is 127 Å². The maximum Gasteiger partial charge on any atom is 0.128 e. The minimum absolute atomic E-state index is 0.421. The number of thioether (sulfide) groups is 1. The molecule has 0 amide bonds. The van der Waals surface area contributed by atoms with Crippen LogP contribution in [0.15, 0.2) is 53.4 Å². The molecule has 3 rings (SSSR count). The van der Waals surface area contributed by atoms with Crippen LogP contribution in [0.3, 0.4) is 0 Å². The lowest BCUT2D eigenvalue weighted by Gasteiger charge is -2.08. The van der Waals surface area contributed by atoms with Crippen LogP contribution in [0.5, 0.6) is 5.75 Å². The van der Waals surface area contributed by atoms with E-state index in [1.54, 1.807) is 18.9 Å². The summed E-state index contributed by atoms with van der Waals surface area (Å²) in [4.78, 5) is 4.55. The molecule has 0 saturated carbocycles. The van der Waals surface area contributed by atoms with Crippen LogP contribution in [0.2, 0.25) is 0 Å². The first-order chi connectivity index (χ1) is 10.3. The molecule has 0 fully saturated rings. The fourth-order valence-corrected chi connectivity index (χ4v) is 3.26. The fourth-order valence-electron chi connectivity index (χ4n) is 2.41. The Kier molecular flexibility index (Phi) is 3.85. The molecule has 1 aromatic heterocycles. The SMILES string of the molecule is COc1ccccc1-c1[nH]c2ccccc2c1SCC#N. The van der Waals surface area contributed by atoms with Gasteiger partial charge in [-0.25, -0.2) is 0 Å². The molecule has 0 bridgehead atoms. The van der Waals surface area contributed by atoms with Gasteiger partial charge in [-0.3, -0.25) is 0 Å². The van der Waals surface area contributed by atoms with Crippen LogP contribution >= 0.6 is 11.8 Å². The second-order valence-electron chi connectivity index (χ2n) is 4.52. The van der Waals surface area contributed by atoms with Crippen molar-refractivity contribution in [1.82, 2.24) is 4.98 Å². The van der Waals surface area contributed by atoms with Crippen molar-refractivity contribution in [3.63, 3.8) is 0 Å². The van der Waals surface area contributed by atoms with E-state index in [4.69, 9.17) is 10.00 Å². The highest BCUT2D eigenvalue weighted by Gasteiger charge is 2.16. The van der Waals surface area contributed by atoms with Crippen molar-refractivity contribution in [2.24, 2.45) is 0 Å². The third kappa shape index (κ3) is 2.48. The average molecular weight is 294 g/mol. The van der Waals surface area contributed by atoms with Gasteiger partial charge in [-0.15, -0.1) is 11.8 Å². The minimum atomic E-state index is 0.421. The molecule has 0 unspecified atom stereocenters. The number of para-hydroxylation sites is 2. The van der Waals surface area contributed by atoms with Crippen molar-refractivity contribution in [1.29, 1.82) is 5.26 Å². The van der Waals surface area contributed by atoms with E-state index in [9.17, 15) is 0 Å². The Bertz CT molecular complexity index is 817. The number of hydrogen-bond donors (Lipinski definition) is 1. The zero-order valence-corrected chi connectivity index (χ0v) is 12.4. The highest BCUT2D eigenvalue weighted by molar-refractivity contribution is 7.99. The van der Waals surface area contributed by atoms with E-state index in [-0.39, 0.29) is 0 Å². The van der Waals surface area contributed by atoms with Crippen molar-refractivity contribution in [2.75, 3.05) is 12.9 Å². The summed E-state index contributed by atoms with van der Waals surface area (Å²) in [5.74, 6) is 1.24. The van der Waals surface area contributed by atoms with Crippen LogP contribution in [-0.4, -0.2) is 17.8 Å². The molecule has 3 nitrogen and oxygen atoms in total.